The number of carbonyl (C=O) groups excluding carboxylic acids is 1. The van der Waals surface area contributed by atoms with Crippen molar-refractivity contribution in [3.8, 4) is 6.07 Å². The molecule has 0 heterocycles. The third-order valence-electron chi connectivity index (χ3n) is 3.61. The summed E-state index contributed by atoms with van der Waals surface area (Å²) in [5.74, 6) is 0.00861. The van der Waals surface area contributed by atoms with Crippen LogP contribution in [0.3, 0.4) is 0 Å². The molecule has 2 rings (SSSR count). The van der Waals surface area contributed by atoms with Crippen LogP contribution in [0.4, 0.5) is 0 Å². The number of hydrogen-bond acceptors (Lipinski definition) is 2. The smallest absolute Gasteiger partial charge is 0.183 e. The van der Waals surface area contributed by atoms with E-state index in [2.05, 4.69) is 13.0 Å². The van der Waals surface area contributed by atoms with Crippen molar-refractivity contribution in [2.45, 2.75) is 39.0 Å². The number of Topliss-reactive ketones (excluding diaryl/α,β-unsaturated/α-hetero) is 1. The summed E-state index contributed by atoms with van der Waals surface area (Å²) in [7, 11) is 0. The lowest BCUT2D eigenvalue weighted by molar-refractivity contribution is 0.0748. The van der Waals surface area contributed by atoms with Crippen LogP contribution in [0.25, 0.3) is 0 Å². The van der Waals surface area contributed by atoms with E-state index < -0.39 is 5.41 Å². The van der Waals surface area contributed by atoms with E-state index in [1.54, 1.807) is 0 Å². The van der Waals surface area contributed by atoms with Crippen LogP contribution in [-0.4, -0.2) is 5.78 Å². The molecule has 0 aliphatic heterocycles. The molecule has 0 atom stereocenters. The molecule has 1 saturated carbocycles. The van der Waals surface area contributed by atoms with Crippen molar-refractivity contribution in [2.24, 2.45) is 5.41 Å². The number of nitrogens with zero attached hydrogens (tertiary/aromatic N) is 1. The minimum Gasteiger partial charge on any atom is -0.292 e. The lowest BCUT2D eigenvalue weighted by Crippen LogP contribution is -2.36. The Morgan fingerprint density at radius 1 is 1.35 bits per heavy atom. The van der Waals surface area contributed by atoms with Gasteiger partial charge in [0.05, 0.1) is 6.07 Å². The number of rotatable bonds is 4. The molecule has 88 valence electrons. The van der Waals surface area contributed by atoms with Gasteiger partial charge in [-0.25, -0.2) is 0 Å². The highest BCUT2D eigenvalue weighted by Gasteiger charge is 2.44. The van der Waals surface area contributed by atoms with Crippen molar-refractivity contribution in [3.05, 3.63) is 35.4 Å². The van der Waals surface area contributed by atoms with E-state index in [1.807, 2.05) is 24.3 Å². The number of nitriles is 1. The largest absolute Gasteiger partial charge is 0.292 e. The van der Waals surface area contributed by atoms with E-state index in [1.165, 1.54) is 5.56 Å². The zero-order valence-corrected chi connectivity index (χ0v) is 10.2. The van der Waals surface area contributed by atoms with Gasteiger partial charge in [-0.15, -0.1) is 0 Å². The molecule has 0 saturated heterocycles. The lowest BCUT2D eigenvalue weighted by atomic mass is 9.65. The summed E-state index contributed by atoms with van der Waals surface area (Å²) in [6.45, 7) is 2.14. The van der Waals surface area contributed by atoms with Crippen molar-refractivity contribution in [1.29, 1.82) is 5.26 Å². The van der Waals surface area contributed by atoms with E-state index in [-0.39, 0.29) is 5.78 Å². The first-order valence-corrected chi connectivity index (χ1v) is 6.27. The average molecular weight is 227 g/mol. The summed E-state index contributed by atoms with van der Waals surface area (Å²) < 4.78 is 0. The number of hydrogen-bond donors (Lipinski definition) is 0. The maximum Gasteiger partial charge on any atom is 0.183 e. The Morgan fingerprint density at radius 3 is 2.41 bits per heavy atom. The summed E-state index contributed by atoms with van der Waals surface area (Å²) in [6.07, 6.45) is 4.58. The van der Waals surface area contributed by atoms with Gasteiger partial charge >= 0.3 is 0 Å². The van der Waals surface area contributed by atoms with Crippen molar-refractivity contribution in [2.75, 3.05) is 0 Å². The van der Waals surface area contributed by atoms with Gasteiger partial charge < -0.3 is 0 Å². The normalized spacial score (nSPS) is 16.9. The number of ketones is 1. The zero-order valence-electron chi connectivity index (χ0n) is 10.2. The predicted octanol–water partition coefficient (Wildman–Crippen LogP) is 3.52. The summed E-state index contributed by atoms with van der Waals surface area (Å²) in [5.41, 5.74) is 1.22. The molecule has 1 aliphatic carbocycles. The van der Waals surface area contributed by atoms with E-state index in [9.17, 15) is 4.79 Å². The Morgan fingerprint density at radius 2 is 2.00 bits per heavy atom. The lowest BCUT2D eigenvalue weighted by Gasteiger charge is -2.33. The second-order valence-corrected chi connectivity index (χ2v) is 4.82. The first-order valence-electron chi connectivity index (χ1n) is 6.27. The molecule has 1 aromatic carbocycles. The molecule has 0 radical (unpaired) electrons. The van der Waals surface area contributed by atoms with Crippen molar-refractivity contribution >= 4 is 5.78 Å². The van der Waals surface area contributed by atoms with Crippen molar-refractivity contribution in [3.63, 3.8) is 0 Å². The molecule has 1 aliphatic rings. The Hall–Kier alpha value is -1.62. The van der Waals surface area contributed by atoms with E-state index >= 15 is 0 Å². The third-order valence-corrected chi connectivity index (χ3v) is 3.61. The van der Waals surface area contributed by atoms with Crippen LogP contribution in [0.1, 0.15) is 48.5 Å². The molecular weight excluding hydrogens is 210 g/mol. The zero-order chi connectivity index (χ0) is 12.3. The molecule has 2 heteroatoms. The number of carbonyl (C=O) groups is 1. The minimum absolute atomic E-state index is 0.00861. The number of aryl methyl sites for hydroxylation is 1. The van der Waals surface area contributed by atoms with Gasteiger partial charge in [-0.05, 0) is 31.2 Å². The first kappa shape index (κ1) is 11.9. The van der Waals surface area contributed by atoms with Gasteiger partial charge in [0, 0.05) is 5.56 Å². The summed E-state index contributed by atoms with van der Waals surface area (Å²) in [6, 6.07) is 9.94. The average Bonchev–Trinajstić information content (AvgIpc) is 2.29. The van der Waals surface area contributed by atoms with Crippen LogP contribution in [0.2, 0.25) is 0 Å². The highest BCUT2D eigenvalue weighted by Crippen LogP contribution is 2.42. The van der Waals surface area contributed by atoms with Gasteiger partial charge in [0.1, 0.15) is 5.41 Å². The fraction of sp³-hybridized carbons (Fsp3) is 0.467. The van der Waals surface area contributed by atoms with Gasteiger partial charge in [-0.3, -0.25) is 4.79 Å². The molecule has 17 heavy (non-hydrogen) atoms. The van der Waals surface area contributed by atoms with Crippen molar-refractivity contribution in [1.82, 2.24) is 0 Å². The first-order chi connectivity index (χ1) is 8.22. The highest BCUT2D eigenvalue weighted by atomic mass is 16.1. The highest BCUT2D eigenvalue weighted by molar-refractivity contribution is 6.02. The molecule has 1 aromatic rings. The molecule has 2 nitrogen and oxygen atoms in total. The van der Waals surface area contributed by atoms with Crippen LogP contribution >= 0.6 is 0 Å². The molecule has 0 spiro atoms. The second-order valence-electron chi connectivity index (χ2n) is 4.82. The second kappa shape index (κ2) is 4.71. The Balaban J connectivity index is 2.18. The minimum atomic E-state index is -0.716. The monoisotopic (exact) mass is 227 g/mol. The summed E-state index contributed by atoms with van der Waals surface area (Å²) in [5, 5.41) is 9.14. The van der Waals surface area contributed by atoms with E-state index in [4.69, 9.17) is 5.26 Å². The molecule has 0 unspecified atom stereocenters. The van der Waals surface area contributed by atoms with Crippen LogP contribution < -0.4 is 0 Å². The van der Waals surface area contributed by atoms with Gasteiger partial charge in [-0.1, -0.05) is 37.6 Å². The number of benzene rings is 1. The molecule has 0 amide bonds. The standard InChI is InChI=1S/C15H17NO/c1-2-4-12-5-7-13(8-6-12)14(17)15(11-16)9-3-10-15/h5-8H,2-4,9-10H2,1H3. The van der Waals surface area contributed by atoms with Gasteiger partial charge in [0.15, 0.2) is 5.78 Å². The SMILES string of the molecule is CCCc1ccc(C(=O)C2(C#N)CCC2)cc1. The maximum atomic E-state index is 12.2. The predicted molar refractivity (Wildman–Crippen MR) is 66.7 cm³/mol. The molecular formula is C15H17NO. The maximum absolute atomic E-state index is 12.2. The third kappa shape index (κ3) is 2.10. The van der Waals surface area contributed by atoms with Crippen LogP contribution in [-0.2, 0) is 6.42 Å². The molecule has 1 fully saturated rings. The summed E-state index contributed by atoms with van der Waals surface area (Å²) >= 11 is 0. The fourth-order valence-electron chi connectivity index (χ4n) is 2.31. The Kier molecular flexibility index (Phi) is 3.28. The summed E-state index contributed by atoms with van der Waals surface area (Å²) in [4.78, 5) is 12.2. The van der Waals surface area contributed by atoms with Crippen molar-refractivity contribution < 1.29 is 4.79 Å². The fourth-order valence-corrected chi connectivity index (χ4v) is 2.31. The molecule has 0 aromatic heterocycles. The Bertz CT molecular complexity index is 449. The van der Waals surface area contributed by atoms with Gasteiger partial charge in [-0.2, -0.15) is 5.26 Å². The quantitative estimate of drug-likeness (QED) is 0.738. The molecule has 0 N–H and O–H groups in total. The van der Waals surface area contributed by atoms with Gasteiger partial charge in [0.2, 0.25) is 0 Å². The van der Waals surface area contributed by atoms with E-state index in [0.717, 1.165) is 32.1 Å². The van der Waals surface area contributed by atoms with E-state index in [0.29, 0.717) is 5.56 Å². The van der Waals surface area contributed by atoms with Crippen LogP contribution in [0, 0.1) is 16.7 Å². The molecule has 0 bridgehead atoms. The van der Waals surface area contributed by atoms with Crippen LogP contribution in [0.5, 0.6) is 0 Å². The van der Waals surface area contributed by atoms with Crippen LogP contribution in [0.15, 0.2) is 24.3 Å². The van der Waals surface area contributed by atoms with Gasteiger partial charge in [0.25, 0.3) is 0 Å². The Labute approximate surface area is 102 Å². The topological polar surface area (TPSA) is 40.9 Å².